The fraction of sp³-hybridized carbons (Fsp3) is 0.400. The highest BCUT2D eigenvalue weighted by Gasteiger charge is 2.45. The zero-order chi connectivity index (χ0) is 32.3. The molecule has 2 aliphatic rings. The van der Waals surface area contributed by atoms with Gasteiger partial charge in [-0.3, -0.25) is 14.7 Å². The largest absolute Gasteiger partial charge is 0.494 e. The van der Waals surface area contributed by atoms with Crippen molar-refractivity contribution < 1.29 is 19.1 Å². The number of benzene rings is 3. The van der Waals surface area contributed by atoms with Gasteiger partial charge in [-0.05, 0) is 66.8 Å². The molecule has 8 nitrogen and oxygen atoms in total. The van der Waals surface area contributed by atoms with Crippen LogP contribution in [0, 0.1) is 0 Å². The van der Waals surface area contributed by atoms with Crippen LogP contribution in [-0.2, 0) is 10.2 Å². The lowest BCUT2D eigenvalue weighted by Gasteiger charge is -2.34. The van der Waals surface area contributed by atoms with Crippen molar-refractivity contribution >= 4 is 41.0 Å². The number of ether oxygens (including phenoxy) is 2. The van der Waals surface area contributed by atoms with Crippen molar-refractivity contribution in [2.75, 3.05) is 32.8 Å². The molecule has 1 N–H and O–H groups in total. The summed E-state index contributed by atoms with van der Waals surface area (Å²) < 4.78 is 12.4. The van der Waals surface area contributed by atoms with Crippen LogP contribution < -0.4 is 14.8 Å². The van der Waals surface area contributed by atoms with Crippen LogP contribution in [0.4, 0.5) is 4.79 Å². The SMILES string of the molecule is CCOc1cc(C(C)(C)C)c(OCC)cc1C1=N[C@@H](c2ccc(Cl)cc2)[C@@H](c2ccc(Cl)cc2)N1C(=O)N1CCNC(=O)CC1. The Hall–Kier alpha value is -3.75. The molecule has 0 spiro atoms. The van der Waals surface area contributed by atoms with Crippen LogP contribution in [0.2, 0.25) is 10.0 Å². The lowest BCUT2D eigenvalue weighted by molar-refractivity contribution is -0.120. The number of urea groups is 1. The minimum Gasteiger partial charge on any atom is -0.494 e. The molecule has 238 valence electrons. The van der Waals surface area contributed by atoms with Gasteiger partial charge in [-0.15, -0.1) is 0 Å². The molecule has 0 aromatic heterocycles. The number of nitrogens with zero attached hydrogens (tertiary/aromatic N) is 3. The van der Waals surface area contributed by atoms with Crippen molar-refractivity contribution in [1.29, 1.82) is 0 Å². The quantitative estimate of drug-likeness (QED) is 0.286. The molecule has 10 heteroatoms. The summed E-state index contributed by atoms with van der Waals surface area (Å²) in [4.78, 5) is 35.8. The summed E-state index contributed by atoms with van der Waals surface area (Å²) in [7, 11) is 0. The average molecular weight is 652 g/mol. The molecule has 3 aromatic carbocycles. The van der Waals surface area contributed by atoms with E-state index in [1.807, 2.05) is 74.5 Å². The van der Waals surface area contributed by atoms with Crippen LogP contribution >= 0.6 is 23.2 Å². The highest BCUT2D eigenvalue weighted by atomic mass is 35.5. The van der Waals surface area contributed by atoms with Gasteiger partial charge in [0.2, 0.25) is 5.91 Å². The first-order valence-electron chi connectivity index (χ1n) is 15.4. The zero-order valence-corrected chi connectivity index (χ0v) is 27.9. The van der Waals surface area contributed by atoms with E-state index in [-0.39, 0.29) is 23.8 Å². The molecule has 0 radical (unpaired) electrons. The monoisotopic (exact) mass is 650 g/mol. The first-order valence-corrected chi connectivity index (χ1v) is 16.2. The van der Waals surface area contributed by atoms with E-state index in [9.17, 15) is 9.59 Å². The van der Waals surface area contributed by atoms with Gasteiger partial charge in [0.05, 0.1) is 24.8 Å². The third kappa shape index (κ3) is 7.07. The second kappa shape index (κ2) is 13.7. The minimum absolute atomic E-state index is 0.0772. The van der Waals surface area contributed by atoms with Gasteiger partial charge in [0.25, 0.3) is 0 Å². The fourth-order valence-electron chi connectivity index (χ4n) is 5.84. The van der Waals surface area contributed by atoms with Crippen LogP contribution in [0.1, 0.15) is 75.4 Å². The van der Waals surface area contributed by atoms with E-state index in [0.717, 1.165) is 16.7 Å². The number of nitrogens with one attached hydrogen (secondary N) is 1. The number of amidine groups is 1. The number of hydrogen-bond acceptors (Lipinski definition) is 5. The molecular formula is C35H40Cl2N4O4. The van der Waals surface area contributed by atoms with Crippen molar-refractivity contribution in [1.82, 2.24) is 15.1 Å². The van der Waals surface area contributed by atoms with Gasteiger partial charge >= 0.3 is 6.03 Å². The van der Waals surface area contributed by atoms with E-state index < -0.39 is 12.1 Å². The molecule has 0 unspecified atom stereocenters. The molecular weight excluding hydrogens is 611 g/mol. The Morgan fingerprint density at radius 1 is 0.911 bits per heavy atom. The van der Waals surface area contributed by atoms with Gasteiger partial charge in [0.15, 0.2) is 0 Å². The van der Waals surface area contributed by atoms with Gasteiger partial charge in [0, 0.05) is 41.7 Å². The molecule has 2 aliphatic heterocycles. The Kier molecular flexibility index (Phi) is 9.94. The maximum atomic E-state index is 14.7. The lowest BCUT2D eigenvalue weighted by atomic mass is 9.85. The molecule has 1 saturated heterocycles. The smallest absolute Gasteiger partial charge is 0.326 e. The lowest BCUT2D eigenvalue weighted by Crippen LogP contribution is -2.47. The Morgan fingerprint density at radius 2 is 1.51 bits per heavy atom. The third-order valence-electron chi connectivity index (χ3n) is 8.01. The van der Waals surface area contributed by atoms with Crippen LogP contribution in [-0.4, -0.2) is 60.4 Å². The summed E-state index contributed by atoms with van der Waals surface area (Å²) in [5.41, 5.74) is 3.18. The van der Waals surface area contributed by atoms with Gasteiger partial charge in [-0.2, -0.15) is 0 Å². The molecule has 5 rings (SSSR count). The van der Waals surface area contributed by atoms with E-state index in [1.54, 1.807) is 9.80 Å². The highest BCUT2D eigenvalue weighted by molar-refractivity contribution is 6.30. The number of amides is 3. The molecule has 0 aliphatic carbocycles. The van der Waals surface area contributed by atoms with E-state index in [2.05, 4.69) is 26.1 Å². The molecule has 0 saturated carbocycles. The molecule has 3 amide bonds. The minimum atomic E-state index is -0.523. The van der Waals surface area contributed by atoms with Crippen LogP contribution in [0.3, 0.4) is 0 Å². The van der Waals surface area contributed by atoms with Gasteiger partial charge < -0.3 is 19.7 Å². The summed E-state index contributed by atoms with van der Waals surface area (Å²) in [5.74, 6) is 1.71. The van der Waals surface area contributed by atoms with Crippen molar-refractivity contribution in [2.45, 2.75) is 58.5 Å². The first kappa shape index (κ1) is 32.6. The molecule has 1 fully saturated rings. The van der Waals surface area contributed by atoms with Crippen LogP contribution in [0.25, 0.3) is 0 Å². The van der Waals surface area contributed by atoms with Crippen LogP contribution in [0.5, 0.6) is 11.5 Å². The van der Waals surface area contributed by atoms with Crippen molar-refractivity contribution in [3.05, 3.63) is 93.0 Å². The van der Waals surface area contributed by atoms with Gasteiger partial charge in [-0.1, -0.05) is 68.2 Å². The summed E-state index contributed by atoms with van der Waals surface area (Å²) in [6.45, 7) is 12.2. The summed E-state index contributed by atoms with van der Waals surface area (Å²) in [6, 6.07) is 17.8. The zero-order valence-electron chi connectivity index (χ0n) is 26.4. The van der Waals surface area contributed by atoms with Crippen LogP contribution in [0.15, 0.2) is 65.7 Å². The number of aliphatic imine (C=N–C) groups is 1. The standard InChI is InChI=1S/C35H40Cl2N4O4/c1-6-44-28-21-27(35(3,4)5)29(45-7-2)20-26(28)33-39-31(22-8-12-24(36)13-9-22)32(23-10-14-25(37)15-11-23)41(33)34(43)40-18-16-30(42)38-17-19-40/h8-15,20-21,31-32H,6-7,16-19H2,1-5H3,(H,38,42)/t31-,32+/m0/s1. The highest BCUT2D eigenvalue weighted by Crippen LogP contribution is 2.47. The first-order chi connectivity index (χ1) is 21.5. The molecule has 0 bridgehead atoms. The van der Waals surface area contributed by atoms with Crippen molar-refractivity contribution in [3.8, 4) is 11.5 Å². The Bertz CT molecular complexity index is 1570. The second-order valence-corrected chi connectivity index (χ2v) is 13.0. The third-order valence-corrected chi connectivity index (χ3v) is 8.51. The van der Waals surface area contributed by atoms with E-state index >= 15 is 0 Å². The van der Waals surface area contributed by atoms with Gasteiger partial charge in [0.1, 0.15) is 23.4 Å². The average Bonchev–Trinajstić information content (AvgIpc) is 3.26. The molecule has 45 heavy (non-hydrogen) atoms. The summed E-state index contributed by atoms with van der Waals surface area (Å²) in [5, 5.41) is 4.07. The van der Waals surface area contributed by atoms with Gasteiger partial charge in [-0.25, -0.2) is 4.79 Å². The number of hydrogen-bond donors (Lipinski definition) is 1. The summed E-state index contributed by atoms with van der Waals surface area (Å²) >= 11 is 12.6. The second-order valence-electron chi connectivity index (χ2n) is 12.1. The number of carbonyl (C=O) groups is 2. The predicted molar refractivity (Wildman–Crippen MR) is 179 cm³/mol. The maximum absolute atomic E-state index is 14.7. The Labute approximate surface area is 275 Å². The number of halogens is 2. The molecule has 2 heterocycles. The maximum Gasteiger partial charge on any atom is 0.326 e. The topological polar surface area (TPSA) is 83.5 Å². The summed E-state index contributed by atoms with van der Waals surface area (Å²) in [6.07, 6.45) is 0.219. The van der Waals surface area contributed by atoms with Crippen molar-refractivity contribution in [3.63, 3.8) is 0 Å². The van der Waals surface area contributed by atoms with E-state index in [4.69, 9.17) is 37.7 Å². The Morgan fingerprint density at radius 3 is 2.11 bits per heavy atom. The Balaban J connectivity index is 1.76. The van der Waals surface area contributed by atoms with Crippen molar-refractivity contribution in [2.24, 2.45) is 4.99 Å². The number of carbonyl (C=O) groups excluding carboxylic acids is 2. The molecule has 2 atom stereocenters. The van der Waals surface area contributed by atoms with E-state index in [0.29, 0.717) is 65.8 Å². The predicted octanol–water partition coefficient (Wildman–Crippen LogP) is 7.58. The molecule has 3 aromatic rings. The fourth-order valence-corrected chi connectivity index (χ4v) is 6.09. The normalized spacial score (nSPS) is 18.7. The van der Waals surface area contributed by atoms with E-state index in [1.165, 1.54) is 0 Å². The number of rotatable bonds is 7.